The Morgan fingerprint density at radius 1 is 1.26 bits per heavy atom. The second-order valence-corrected chi connectivity index (χ2v) is 6.72. The number of amides is 2. The van der Waals surface area contributed by atoms with Crippen LogP contribution in [-0.2, 0) is 16.0 Å². The standard InChI is InChI=1S/C20H22N4O7/c1-12-20(26)23(19-15(31-12)6-7-17(22-19)24(27)28)11-18(25)21-9-8-13-4-5-14(29-2)16(10-13)30-3/h4-7,10,12H,8-9,11H2,1-3H3,(H,21,25). The van der Waals surface area contributed by atoms with Gasteiger partial charge in [-0.25, -0.2) is 0 Å². The van der Waals surface area contributed by atoms with E-state index in [0.717, 1.165) is 10.5 Å². The van der Waals surface area contributed by atoms with Gasteiger partial charge in [-0.3, -0.25) is 14.5 Å². The molecule has 164 valence electrons. The van der Waals surface area contributed by atoms with Crippen molar-refractivity contribution in [2.75, 3.05) is 32.2 Å². The third kappa shape index (κ3) is 4.82. The number of fused-ring (bicyclic) bond motifs is 1. The number of ether oxygens (including phenoxy) is 3. The van der Waals surface area contributed by atoms with E-state index in [0.29, 0.717) is 24.5 Å². The van der Waals surface area contributed by atoms with Crippen LogP contribution in [0.5, 0.6) is 17.2 Å². The summed E-state index contributed by atoms with van der Waals surface area (Å²) in [5.41, 5.74) is 0.927. The Labute approximate surface area is 178 Å². The molecule has 2 amide bonds. The number of benzene rings is 1. The summed E-state index contributed by atoms with van der Waals surface area (Å²) in [5, 5.41) is 13.8. The number of anilines is 1. The number of pyridine rings is 1. The van der Waals surface area contributed by atoms with Crippen molar-refractivity contribution >= 4 is 23.5 Å². The van der Waals surface area contributed by atoms with Crippen molar-refractivity contribution in [3.8, 4) is 17.2 Å². The van der Waals surface area contributed by atoms with E-state index in [-0.39, 0.29) is 18.1 Å². The molecule has 1 atom stereocenters. The minimum absolute atomic E-state index is 0.0488. The van der Waals surface area contributed by atoms with Gasteiger partial charge >= 0.3 is 5.82 Å². The Balaban J connectivity index is 1.66. The number of hydrogen-bond acceptors (Lipinski definition) is 8. The summed E-state index contributed by atoms with van der Waals surface area (Å²) >= 11 is 0. The highest BCUT2D eigenvalue weighted by Crippen LogP contribution is 2.33. The number of carbonyl (C=O) groups excluding carboxylic acids is 2. The fourth-order valence-corrected chi connectivity index (χ4v) is 3.11. The zero-order chi connectivity index (χ0) is 22.5. The molecule has 0 fully saturated rings. The first-order chi connectivity index (χ1) is 14.8. The third-order valence-corrected chi connectivity index (χ3v) is 4.67. The zero-order valence-corrected chi connectivity index (χ0v) is 17.3. The van der Waals surface area contributed by atoms with Crippen LogP contribution in [-0.4, -0.2) is 55.1 Å². The highest BCUT2D eigenvalue weighted by molar-refractivity contribution is 6.02. The summed E-state index contributed by atoms with van der Waals surface area (Å²) in [5.74, 6) is -0.0246. The Hall–Kier alpha value is -3.89. The SMILES string of the molecule is COc1ccc(CCNC(=O)CN2C(=O)C(C)Oc3ccc([N+](=O)[O-])nc32)cc1OC. The van der Waals surface area contributed by atoms with Gasteiger partial charge in [0.05, 0.1) is 14.2 Å². The number of hydrogen-bond donors (Lipinski definition) is 1. The number of nitrogens with zero attached hydrogens (tertiary/aromatic N) is 3. The average molecular weight is 430 g/mol. The molecule has 2 heterocycles. The van der Waals surface area contributed by atoms with E-state index in [1.54, 1.807) is 20.3 Å². The first-order valence-electron chi connectivity index (χ1n) is 9.45. The van der Waals surface area contributed by atoms with E-state index in [1.165, 1.54) is 19.1 Å². The monoisotopic (exact) mass is 430 g/mol. The van der Waals surface area contributed by atoms with Crippen molar-refractivity contribution in [2.45, 2.75) is 19.4 Å². The fourth-order valence-electron chi connectivity index (χ4n) is 3.11. The molecular formula is C20H22N4O7. The van der Waals surface area contributed by atoms with Crippen molar-refractivity contribution < 1.29 is 28.7 Å². The van der Waals surface area contributed by atoms with Crippen LogP contribution in [0.25, 0.3) is 0 Å². The lowest BCUT2D eigenvalue weighted by atomic mass is 10.1. The van der Waals surface area contributed by atoms with Gasteiger partial charge in [0, 0.05) is 12.6 Å². The topological polar surface area (TPSA) is 133 Å². The number of rotatable bonds is 8. The largest absolute Gasteiger partial charge is 0.493 e. The molecule has 0 saturated carbocycles. The second-order valence-electron chi connectivity index (χ2n) is 6.72. The lowest BCUT2D eigenvalue weighted by molar-refractivity contribution is -0.389. The van der Waals surface area contributed by atoms with Crippen LogP contribution < -0.4 is 24.4 Å². The number of nitro groups is 1. The Morgan fingerprint density at radius 2 is 2.00 bits per heavy atom. The Kier molecular flexibility index (Phi) is 6.53. The van der Waals surface area contributed by atoms with Crippen LogP contribution in [0.2, 0.25) is 0 Å². The molecule has 0 radical (unpaired) electrons. The minimum atomic E-state index is -0.838. The van der Waals surface area contributed by atoms with Crippen LogP contribution in [0.3, 0.4) is 0 Å². The molecule has 0 spiro atoms. The maximum absolute atomic E-state index is 12.5. The van der Waals surface area contributed by atoms with E-state index in [1.807, 2.05) is 12.1 Å². The van der Waals surface area contributed by atoms with E-state index in [2.05, 4.69) is 10.3 Å². The van der Waals surface area contributed by atoms with E-state index in [4.69, 9.17) is 14.2 Å². The fraction of sp³-hybridized carbons (Fsp3) is 0.350. The molecule has 3 rings (SSSR count). The van der Waals surface area contributed by atoms with Crippen molar-refractivity contribution in [3.63, 3.8) is 0 Å². The molecule has 2 aromatic rings. The van der Waals surface area contributed by atoms with Gasteiger partial charge in [-0.2, -0.15) is 0 Å². The predicted octanol–water partition coefficient (Wildman–Crippen LogP) is 1.48. The van der Waals surface area contributed by atoms with Gasteiger partial charge in [-0.1, -0.05) is 6.07 Å². The molecule has 1 aliphatic rings. The first-order valence-corrected chi connectivity index (χ1v) is 9.45. The van der Waals surface area contributed by atoms with E-state index < -0.39 is 28.7 Å². The Morgan fingerprint density at radius 3 is 2.68 bits per heavy atom. The van der Waals surface area contributed by atoms with Crippen LogP contribution in [0, 0.1) is 10.1 Å². The van der Waals surface area contributed by atoms with E-state index in [9.17, 15) is 19.7 Å². The highest BCUT2D eigenvalue weighted by atomic mass is 16.6. The van der Waals surface area contributed by atoms with Gasteiger partial charge in [0.2, 0.25) is 5.91 Å². The molecule has 1 aromatic carbocycles. The smallest absolute Gasteiger partial charge is 0.366 e. The number of nitrogens with one attached hydrogen (secondary N) is 1. The van der Waals surface area contributed by atoms with Crippen molar-refractivity contribution in [2.24, 2.45) is 0 Å². The summed E-state index contributed by atoms with van der Waals surface area (Å²) in [6.07, 6.45) is -0.310. The van der Waals surface area contributed by atoms with Gasteiger partial charge in [-0.15, -0.1) is 0 Å². The van der Waals surface area contributed by atoms with Crippen molar-refractivity contribution in [3.05, 3.63) is 46.0 Å². The maximum atomic E-state index is 12.5. The molecule has 31 heavy (non-hydrogen) atoms. The van der Waals surface area contributed by atoms with Gasteiger partial charge < -0.3 is 29.6 Å². The molecule has 1 aliphatic heterocycles. The summed E-state index contributed by atoms with van der Waals surface area (Å²) in [6, 6.07) is 8.00. The van der Waals surface area contributed by atoms with Gasteiger partial charge in [0.25, 0.3) is 11.7 Å². The maximum Gasteiger partial charge on any atom is 0.366 e. The molecule has 11 heteroatoms. The number of aromatic nitrogens is 1. The second kappa shape index (κ2) is 9.28. The molecule has 1 unspecified atom stereocenters. The predicted molar refractivity (Wildman–Crippen MR) is 110 cm³/mol. The normalized spacial score (nSPS) is 15.0. The number of methoxy groups -OCH3 is 2. The van der Waals surface area contributed by atoms with Crippen LogP contribution >= 0.6 is 0 Å². The average Bonchev–Trinajstić information content (AvgIpc) is 2.76. The molecule has 1 aromatic heterocycles. The van der Waals surface area contributed by atoms with Crippen LogP contribution in [0.4, 0.5) is 11.6 Å². The number of carbonyl (C=O) groups is 2. The summed E-state index contributed by atoms with van der Waals surface area (Å²) < 4.78 is 15.9. The summed E-state index contributed by atoms with van der Waals surface area (Å²) in [7, 11) is 3.09. The van der Waals surface area contributed by atoms with Crippen LogP contribution in [0.15, 0.2) is 30.3 Å². The quantitative estimate of drug-likeness (QED) is 0.492. The zero-order valence-electron chi connectivity index (χ0n) is 17.3. The lowest BCUT2D eigenvalue weighted by Gasteiger charge is -2.28. The van der Waals surface area contributed by atoms with Crippen LogP contribution in [0.1, 0.15) is 12.5 Å². The molecule has 11 nitrogen and oxygen atoms in total. The third-order valence-electron chi connectivity index (χ3n) is 4.67. The molecular weight excluding hydrogens is 408 g/mol. The van der Waals surface area contributed by atoms with Gasteiger partial charge in [0.1, 0.15) is 6.54 Å². The first kappa shape index (κ1) is 21.8. The summed E-state index contributed by atoms with van der Waals surface area (Å²) in [4.78, 5) is 40.3. The minimum Gasteiger partial charge on any atom is -0.493 e. The summed E-state index contributed by atoms with van der Waals surface area (Å²) in [6.45, 7) is 1.52. The molecule has 1 N–H and O–H groups in total. The van der Waals surface area contributed by atoms with Crippen molar-refractivity contribution in [1.29, 1.82) is 0 Å². The lowest BCUT2D eigenvalue weighted by Crippen LogP contribution is -2.49. The van der Waals surface area contributed by atoms with Gasteiger partial charge in [0.15, 0.2) is 23.4 Å². The van der Waals surface area contributed by atoms with E-state index >= 15 is 0 Å². The van der Waals surface area contributed by atoms with Crippen molar-refractivity contribution in [1.82, 2.24) is 10.3 Å². The highest BCUT2D eigenvalue weighted by Gasteiger charge is 2.37. The van der Waals surface area contributed by atoms with Gasteiger partial charge in [-0.05, 0) is 47.0 Å². The molecule has 0 saturated heterocycles. The molecule has 0 bridgehead atoms. The molecule has 0 aliphatic carbocycles. The Bertz CT molecular complexity index is 1010.